The van der Waals surface area contributed by atoms with E-state index >= 15 is 0 Å². The van der Waals surface area contributed by atoms with Crippen molar-refractivity contribution in [2.24, 2.45) is 12.0 Å². The molecule has 0 aliphatic rings. The number of benzene rings is 2. The van der Waals surface area contributed by atoms with Gasteiger partial charge in [0.2, 0.25) is 0 Å². The Morgan fingerprint density at radius 1 is 1.28 bits per heavy atom. The van der Waals surface area contributed by atoms with Crippen LogP contribution >= 0.6 is 11.3 Å². The molecule has 0 fully saturated rings. The van der Waals surface area contributed by atoms with Crippen molar-refractivity contribution in [2.45, 2.75) is 6.92 Å². The average molecular weight is 353 g/mol. The highest BCUT2D eigenvalue weighted by Crippen LogP contribution is 2.18. The van der Waals surface area contributed by atoms with E-state index in [1.807, 2.05) is 30.7 Å². The van der Waals surface area contributed by atoms with Crippen LogP contribution in [0.15, 0.2) is 53.5 Å². The molecule has 0 atom stereocenters. The molecule has 25 heavy (non-hydrogen) atoms. The second-order valence-electron chi connectivity index (χ2n) is 5.55. The van der Waals surface area contributed by atoms with Crippen molar-refractivity contribution in [3.05, 3.63) is 74.6 Å². The number of thiazole rings is 1. The Kier molecular flexibility index (Phi) is 4.58. The van der Waals surface area contributed by atoms with Gasteiger partial charge in [0.25, 0.3) is 11.6 Å². The highest BCUT2D eigenvalue weighted by atomic mass is 32.1. The molecular formula is C18H15N3O3S. The molecule has 0 saturated heterocycles. The van der Waals surface area contributed by atoms with E-state index in [0.29, 0.717) is 10.4 Å². The Morgan fingerprint density at radius 2 is 2.08 bits per heavy atom. The number of amides is 1. The van der Waals surface area contributed by atoms with Crippen molar-refractivity contribution in [3.8, 4) is 0 Å². The maximum absolute atomic E-state index is 12.1. The van der Waals surface area contributed by atoms with E-state index in [0.717, 1.165) is 15.8 Å². The van der Waals surface area contributed by atoms with E-state index in [9.17, 15) is 14.9 Å². The van der Waals surface area contributed by atoms with E-state index in [2.05, 4.69) is 11.1 Å². The molecule has 0 saturated carbocycles. The quantitative estimate of drug-likeness (QED) is 0.410. The molecule has 3 rings (SSSR count). The summed E-state index contributed by atoms with van der Waals surface area (Å²) in [5.74, 6) is -0.412. The van der Waals surface area contributed by atoms with Crippen LogP contribution in [-0.2, 0) is 11.8 Å². The summed E-state index contributed by atoms with van der Waals surface area (Å²) in [6.45, 7) is 2.02. The SMILES string of the molecule is Cc1ccc2c(c1)sc(=NC(=O)C=Cc1cccc([N+](=O)[O-])c1)n2C. The Hall–Kier alpha value is -3.06. The fourth-order valence-electron chi connectivity index (χ4n) is 2.39. The zero-order valence-electron chi connectivity index (χ0n) is 13.7. The summed E-state index contributed by atoms with van der Waals surface area (Å²) in [7, 11) is 1.87. The van der Waals surface area contributed by atoms with Crippen LogP contribution in [0.3, 0.4) is 0 Å². The number of nitrogens with zero attached hydrogens (tertiary/aromatic N) is 3. The summed E-state index contributed by atoms with van der Waals surface area (Å²) in [5.41, 5.74) is 2.73. The lowest BCUT2D eigenvalue weighted by Crippen LogP contribution is -2.12. The van der Waals surface area contributed by atoms with Gasteiger partial charge >= 0.3 is 0 Å². The van der Waals surface area contributed by atoms with Crippen molar-refractivity contribution < 1.29 is 9.72 Å². The maximum atomic E-state index is 12.1. The number of rotatable bonds is 3. The summed E-state index contributed by atoms with van der Waals surface area (Å²) < 4.78 is 2.94. The summed E-state index contributed by atoms with van der Waals surface area (Å²) in [5, 5.41) is 10.8. The molecule has 3 aromatic rings. The van der Waals surface area contributed by atoms with Gasteiger partial charge in [0.1, 0.15) is 0 Å². The predicted octanol–water partition coefficient (Wildman–Crippen LogP) is 3.60. The molecule has 0 N–H and O–H groups in total. The van der Waals surface area contributed by atoms with E-state index in [1.165, 1.54) is 35.6 Å². The minimum atomic E-state index is -0.470. The predicted molar refractivity (Wildman–Crippen MR) is 98.2 cm³/mol. The number of aryl methyl sites for hydroxylation is 2. The first kappa shape index (κ1) is 16.8. The minimum Gasteiger partial charge on any atom is -0.319 e. The summed E-state index contributed by atoms with van der Waals surface area (Å²) in [4.78, 5) is 27.1. The zero-order valence-corrected chi connectivity index (χ0v) is 14.5. The molecule has 1 heterocycles. The molecule has 0 bridgehead atoms. The second kappa shape index (κ2) is 6.82. The smallest absolute Gasteiger partial charge is 0.272 e. The van der Waals surface area contributed by atoms with Gasteiger partial charge in [-0.05, 0) is 36.3 Å². The van der Waals surface area contributed by atoms with E-state index in [1.54, 1.807) is 12.1 Å². The third-order valence-electron chi connectivity index (χ3n) is 3.67. The minimum absolute atomic E-state index is 0.0159. The van der Waals surface area contributed by atoms with Crippen LogP contribution in [0.1, 0.15) is 11.1 Å². The van der Waals surface area contributed by atoms with Crippen LogP contribution in [0, 0.1) is 17.0 Å². The normalized spacial score (nSPS) is 12.2. The first-order valence-electron chi connectivity index (χ1n) is 7.51. The number of hydrogen-bond donors (Lipinski definition) is 0. The summed E-state index contributed by atoms with van der Waals surface area (Å²) >= 11 is 1.45. The number of nitro groups is 1. The highest BCUT2D eigenvalue weighted by molar-refractivity contribution is 7.16. The number of carbonyl (C=O) groups excluding carboxylic acids is 1. The summed E-state index contributed by atoms with van der Waals surface area (Å²) in [6, 6.07) is 12.2. The molecule has 0 unspecified atom stereocenters. The van der Waals surface area contributed by atoms with E-state index < -0.39 is 10.8 Å². The number of aromatic nitrogens is 1. The van der Waals surface area contributed by atoms with Crippen LogP contribution in [-0.4, -0.2) is 15.4 Å². The van der Waals surface area contributed by atoms with Crippen LogP contribution in [0.4, 0.5) is 5.69 Å². The third-order valence-corrected chi connectivity index (χ3v) is 4.76. The molecule has 126 valence electrons. The summed E-state index contributed by atoms with van der Waals surface area (Å²) in [6.07, 6.45) is 2.84. The van der Waals surface area contributed by atoms with Gasteiger partial charge in [-0.1, -0.05) is 29.5 Å². The second-order valence-corrected chi connectivity index (χ2v) is 6.56. The van der Waals surface area contributed by atoms with Gasteiger partial charge in [-0.2, -0.15) is 4.99 Å². The molecule has 2 aromatic carbocycles. The first-order valence-corrected chi connectivity index (χ1v) is 8.33. The van der Waals surface area contributed by atoms with Crippen molar-refractivity contribution in [1.29, 1.82) is 0 Å². The Morgan fingerprint density at radius 3 is 2.84 bits per heavy atom. The van der Waals surface area contributed by atoms with Crippen LogP contribution in [0.2, 0.25) is 0 Å². The number of fused-ring (bicyclic) bond motifs is 1. The van der Waals surface area contributed by atoms with Crippen molar-refractivity contribution in [3.63, 3.8) is 0 Å². The molecular weight excluding hydrogens is 338 g/mol. The van der Waals surface area contributed by atoms with Gasteiger partial charge in [-0.25, -0.2) is 0 Å². The monoisotopic (exact) mass is 353 g/mol. The zero-order chi connectivity index (χ0) is 18.0. The van der Waals surface area contributed by atoms with Crippen molar-refractivity contribution in [2.75, 3.05) is 0 Å². The lowest BCUT2D eigenvalue weighted by atomic mass is 10.2. The first-order chi connectivity index (χ1) is 11.9. The fourth-order valence-corrected chi connectivity index (χ4v) is 3.51. The maximum Gasteiger partial charge on any atom is 0.272 e. The molecule has 6 nitrogen and oxygen atoms in total. The van der Waals surface area contributed by atoms with Gasteiger partial charge in [-0.3, -0.25) is 14.9 Å². The van der Waals surface area contributed by atoms with E-state index in [4.69, 9.17) is 0 Å². The van der Waals surface area contributed by atoms with Crippen LogP contribution in [0.25, 0.3) is 16.3 Å². The number of hydrogen-bond acceptors (Lipinski definition) is 4. The molecule has 0 aliphatic carbocycles. The van der Waals surface area contributed by atoms with E-state index in [-0.39, 0.29) is 5.69 Å². The average Bonchev–Trinajstić information content (AvgIpc) is 2.88. The van der Waals surface area contributed by atoms with Crippen molar-refractivity contribution in [1.82, 2.24) is 4.57 Å². The van der Waals surface area contributed by atoms with Crippen LogP contribution < -0.4 is 4.80 Å². The Labute approximate surface area is 147 Å². The number of carbonyl (C=O) groups is 1. The van der Waals surface area contributed by atoms with Gasteiger partial charge in [0, 0.05) is 25.3 Å². The molecule has 1 amide bonds. The van der Waals surface area contributed by atoms with Gasteiger partial charge in [0.15, 0.2) is 4.80 Å². The topological polar surface area (TPSA) is 77.5 Å². The largest absolute Gasteiger partial charge is 0.319 e. The van der Waals surface area contributed by atoms with Gasteiger partial charge in [0.05, 0.1) is 15.1 Å². The molecule has 0 aliphatic heterocycles. The third kappa shape index (κ3) is 3.72. The lowest BCUT2D eigenvalue weighted by Gasteiger charge is -1.95. The molecule has 0 radical (unpaired) electrons. The molecule has 0 spiro atoms. The molecule has 1 aromatic heterocycles. The van der Waals surface area contributed by atoms with Crippen molar-refractivity contribution >= 4 is 39.2 Å². The number of non-ortho nitro benzene ring substituents is 1. The van der Waals surface area contributed by atoms with Crippen LogP contribution in [0.5, 0.6) is 0 Å². The standard InChI is InChI=1S/C18H15N3O3S/c1-12-6-8-15-16(10-12)25-18(20(15)2)19-17(22)9-7-13-4-3-5-14(11-13)21(23)24/h3-11H,1-2H3. The highest BCUT2D eigenvalue weighted by Gasteiger charge is 2.05. The van der Waals surface area contributed by atoms with Gasteiger partial charge in [-0.15, -0.1) is 0 Å². The lowest BCUT2D eigenvalue weighted by molar-refractivity contribution is -0.384. The van der Waals surface area contributed by atoms with Gasteiger partial charge < -0.3 is 4.57 Å². The Bertz CT molecular complexity index is 1080. The number of nitro benzene ring substituents is 1. The fraction of sp³-hybridized carbons (Fsp3) is 0.111. The Balaban J connectivity index is 1.89. The molecule has 7 heteroatoms.